The summed E-state index contributed by atoms with van der Waals surface area (Å²) >= 11 is 0. The van der Waals surface area contributed by atoms with Gasteiger partial charge in [-0.1, -0.05) is 20.8 Å². The number of nitrogens with one attached hydrogen (secondary N) is 1. The minimum atomic E-state index is -4.09. The third kappa shape index (κ3) is 4.21. The highest BCUT2D eigenvalue weighted by Crippen LogP contribution is 2.77. The van der Waals surface area contributed by atoms with Crippen LogP contribution in [-0.2, 0) is 19.6 Å². The van der Waals surface area contributed by atoms with E-state index >= 15 is 0 Å². The van der Waals surface area contributed by atoms with Crippen molar-refractivity contribution in [3.63, 3.8) is 0 Å². The highest BCUT2D eigenvalue weighted by molar-refractivity contribution is 7.85. The lowest BCUT2D eigenvalue weighted by atomic mass is 9.38. The van der Waals surface area contributed by atoms with Crippen LogP contribution in [0.3, 0.4) is 0 Å². The Kier molecular flexibility index (Phi) is 7.09. The predicted octanol–water partition coefficient (Wildman–Crippen LogP) is 3.16. The van der Waals surface area contributed by atoms with Crippen molar-refractivity contribution >= 4 is 16.0 Å². The van der Waals surface area contributed by atoms with Crippen LogP contribution < -0.4 is 5.32 Å². The summed E-state index contributed by atoms with van der Waals surface area (Å²) < 4.78 is 37.5. The van der Waals surface area contributed by atoms with Gasteiger partial charge in [0.1, 0.15) is 0 Å². The van der Waals surface area contributed by atoms with Crippen molar-refractivity contribution < 1.29 is 32.7 Å². The molecule has 1 saturated heterocycles. The number of rotatable bonds is 7. The molecule has 0 radical (unpaired) electrons. The molecule has 0 aromatic rings. The monoisotopic (exact) mass is 541 g/mol. The second kappa shape index (κ2) is 9.43. The molecular weight excluding hydrogens is 494 g/mol. The van der Waals surface area contributed by atoms with Crippen molar-refractivity contribution in [2.45, 2.75) is 110 Å². The van der Waals surface area contributed by atoms with Crippen molar-refractivity contribution in [3.05, 3.63) is 0 Å². The van der Waals surface area contributed by atoms with Gasteiger partial charge in [0, 0.05) is 23.8 Å². The molecule has 1 heterocycles. The van der Waals surface area contributed by atoms with Crippen LogP contribution in [0.25, 0.3) is 0 Å². The molecule has 12 atom stereocenters. The molecule has 9 heteroatoms. The third-order valence-corrected chi connectivity index (χ3v) is 13.1. The quantitative estimate of drug-likeness (QED) is 0.364. The maximum Gasteiger partial charge on any atom is 0.266 e. The second-order valence-electron chi connectivity index (χ2n) is 13.7. The SMILES string of the molecule is CC1O[C@@H]2CC3C[C@H](O)CC[C@]3(C)[C@H]3C[C@H](O)[C@]4(C)C([C@H](C)CCC(=O)NCCS(=O)(=O)O)CC[C@]14[C@H]23. The normalized spacial score (nSPS) is 49.6. The standard InChI is InChI=1S/C28H47NO7S/c1-16(5-6-24(32)29-11-12-37(33,34)35)20-8-10-28-17(2)36-22-14-18-13-19(30)7-9-26(18,3)21(25(22)28)15-23(31)27(20,28)4/h16-23,25,30-31H,5-15H2,1-4H3,(H,29,32)(H,33,34,35)/t16-,17?,18?,19-,20?,21+,22-,23+,25+,26+,27+,28-/m1/s1. The highest BCUT2D eigenvalue weighted by Gasteiger charge is 2.76. The number of fused-ring (bicyclic) bond motifs is 2. The molecule has 4 saturated carbocycles. The Morgan fingerprint density at radius 2 is 1.86 bits per heavy atom. The van der Waals surface area contributed by atoms with Gasteiger partial charge in [-0.2, -0.15) is 8.42 Å². The summed E-state index contributed by atoms with van der Waals surface area (Å²) in [6, 6.07) is 0. The number of carbonyl (C=O) groups is 1. The third-order valence-electron chi connectivity index (χ3n) is 12.4. The minimum absolute atomic E-state index is 0.0690. The first-order valence-electron chi connectivity index (χ1n) is 14.5. The van der Waals surface area contributed by atoms with Crippen LogP contribution in [0, 0.1) is 45.8 Å². The van der Waals surface area contributed by atoms with Crippen molar-refractivity contribution in [1.82, 2.24) is 5.32 Å². The average molecular weight is 542 g/mol. The molecule has 37 heavy (non-hydrogen) atoms. The fourth-order valence-corrected chi connectivity index (χ4v) is 11.0. The van der Waals surface area contributed by atoms with Crippen molar-refractivity contribution in [3.8, 4) is 0 Å². The molecule has 1 amide bonds. The van der Waals surface area contributed by atoms with Crippen molar-refractivity contribution in [2.24, 2.45) is 45.8 Å². The Morgan fingerprint density at radius 3 is 2.57 bits per heavy atom. The van der Waals surface area contributed by atoms with E-state index in [1.807, 2.05) is 0 Å². The number of hydrogen-bond acceptors (Lipinski definition) is 6. The van der Waals surface area contributed by atoms with E-state index < -0.39 is 22.0 Å². The molecule has 1 aliphatic heterocycles. The largest absolute Gasteiger partial charge is 0.393 e. The Hall–Kier alpha value is -0.740. The number of hydrogen-bond donors (Lipinski definition) is 4. The van der Waals surface area contributed by atoms with E-state index in [9.17, 15) is 23.4 Å². The van der Waals surface area contributed by atoms with E-state index in [-0.39, 0.29) is 58.8 Å². The number of ether oxygens (including phenoxy) is 1. The summed E-state index contributed by atoms with van der Waals surface area (Å²) in [7, 11) is -4.09. The van der Waals surface area contributed by atoms with Crippen LogP contribution in [0.15, 0.2) is 0 Å². The number of aliphatic hydroxyl groups excluding tert-OH is 2. The fourth-order valence-electron chi connectivity index (χ4n) is 10.6. The van der Waals surface area contributed by atoms with Gasteiger partial charge in [-0.05, 0) is 93.3 Å². The van der Waals surface area contributed by atoms with Gasteiger partial charge in [-0.25, -0.2) is 0 Å². The van der Waals surface area contributed by atoms with Crippen molar-refractivity contribution in [2.75, 3.05) is 12.3 Å². The van der Waals surface area contributed by atoms with Crippen molar-refractivity contribution in [1.29, 1.82) is 0 Å². The summed E-state index contributed by atoms with van der Waals surface area (Å²) in [6.07, 6.45) is 7.15. The molecule has 0 aromatic heterocycles. The van der Waals surface area contributed by atoms with Crippen LogP contribution in [0.5, 0.6) is 0 Å². The van der Waals surface area contributed by atoms with Gasteiger partial charge in [-0.15, -0.1) is 0 Å². The van der Waals surface area contributed by atoms with Crippen LogP contribution in [0.4, 0.5) is 0 Å². The fraction of sp³-hybridized carbons (Fsp3) is 0.964. The maximum absolute atomic E-state index is 12.4. The molecule has 4 aliphatic carbocycles. The maximum atomic E-state index is 12.4. The molecule has 0 aromatic carbocycles. The zero-order chi connectivity index (χ0) is 27.0. The summed E-state index contributed by atoms with van der Waals surface area (Å²) in [6.45, 7) is 9.05. The average Bonchev–Trinajstić information content (AvgIpc) is 3.28. The van der Waals surface area contributed by atoms with Gasteiger partial charge in [0.05, 0.1) is 30.2 Å². The van der Waals surface area contributed by atoms with Crippen LogP contribution in [-0.4, -0.2) is 65.8 Å². The summed E-state index contributed by atoms with van der Waals surface area (Å²) in [5, 5.41) is 25.0. The van der Waals surface area contributed by atoms with Crippen LogP contribution in [0.1, 0.15) is 85.5 Å². The first kappa shape index (κ1) is 27.8. The smallest absolute Gasteiger partial charge is 0.266 e. The second-order valence-corrected chi connectivity index (χ2v) is 15.3. The number of aliphatic hydroxyl groups is 2. The molecule has 5 rings (SSSR count). The molecule has 212 valence electrons. The van der Waals surface area contributed by atoms with E-state index in [1.165, 1.54) is 0 Å². The lowest BCUT2D eigenvalue weighted by molar-refractivity contribution is -0.208. The van der Waals surface area contributed by atoms with Crippen LogP contribution in [0.2, 0.25) is 0 Å². The van der Waals surface area contributed by atoms with Crippen LogP contribution >= 0.6 is 0 Å². The Balaban J connectivity index is 1.34. The Labute approximate surface area is 222 Å². The Bertz CT molecular complexity index is 1000. The summed E-state index contributed by atoms with van der Waals surface area (Å²) in [4.78, 5) is 12.4. The summed E-state index contributed by atoms with van der Waals surface area (Å²) in [5.74, 6) is 1.08. The van der Waals surface area contributed by atoms with E-state index in [0.717, 1.165) is 44.9 Å². The van der Waals surface area contributed by atoms with E-state index in [2.05, 4.69) is 33.0 Å². The topological polar surface area (TPSA) is 133 Å². The van der Waals surface area contributed by atoms with Gasteiger partial charge >= 0.3 is 0 Å². The molecular formula is C28H47NO7S. The molecule has 1 spiro atoms. The summed E-state index contributed by atoms with van der Waals surface area (Å²) in [5.41, 5.74) is -0.242. The molecule has 5 fully saturated rings. The van der Waals surface area contributed by atoms with Gasteiger partial charge in [0.25, 0.3) is 10.1 Å². The predicted molar refractivity (Wildman–Crippen MR) is 139 cm³/mol. The number of carbonyl (C=O) groups excluding carboxylic acids is 1. The molecule has 8 nitrogen and oxygen atoms in total. The van der Waals surface area contributed by atoms with Gasteiger partial charge < -0.3 is 20.3 Å². The number of amides is 1. The van der Waals surface area contributed by atoms with E-state index in [0.29, 0.717) is 30.6 Å². The minimum Gasteiger partial charge on any atom is -0.393 e. The molecule has 5 aliphatic rings. The Morgan fingerprint density at radius 1 is 1.14 bits per heavy atom. The lowest BCUT2D eigenvalue weighted by Crippen LogP contribution is -2.65. The van der Waals surface area contributed by atoms with Gasteiger partial charge in [0.15, 0.2) is 0 Å². The van der Waals surface area contributed by atoms with Gasteiger partial charge in [0.2, 0.25) is 5.91 Å². The lowest BCUT2D eigenvalue weighted by Gasteiger charge is -2.65. The van der Waals surface area contributed by atoms with E-state index in [4.69, 9.17) is 9.29 Å². The first-order valence-corrected chi connectivity index (χ1v) is 16.1. The van der Waals surface area contributed by atoms with E-state index in [1.54, 1.807) is 0 Å². The zero-order valence-electron chi connectivity index (χ0n) is 22.9. The highest BCUT2D eigenvalue weighted by atomic mass is 32.2. The molecule has 4 N–H and O–H groups in total. The first-order chi connectivity index (χ1) is 17.2. The molecule has 3 unspecified atom stereocenters. The zero-order valence-corrected chi connectivity index (χ0v) is 23.7. The van der Waals surface area contributed by atoms with Gasteiger partial charge in [-0.3, -0.25) is 9.35 Å². The molecule has 0 bridgehead atoms.